The molecule has 0 heterocycles. The van der Waals surface area contributed by atoms with Crippen molar-refractivity contribution in [2.24, 2.45) is 5.73 Å². The van der Waals surface area contributed by atoms with Crippen LogP contribution in [0.15, 0.2) is 42.5 Å². The van der Waals surface area contributed by atoms with Gasteiger partial charge in [-0.25, -0.2) is 0 Å². The Morgan fingerprint density at radius 3 is 2.34 bits per heavy atom. The van der Waals surface area contributed by atoms with E-state index in [0.29, 0.717) is 6.42 Å². The fourth-order valence-electron chi connectivity index (χ4n) is 2.94. The van der Waals surface area contributed by atoms with Crippen LogP contribution in [0.1, 0.15) is 29.2 Å². The Morgan fingerprint density at radius 1 is 1.10 bits per heavy atom. The maximum absolute atomic E-state index is 12.4. The summed E-state index contributed by atoms with van der Waals surface area (Å²) in [4.78, 5) is 24.5. The molecule has 0 aromatic heterocycles. The largest absolute Gasteiger partial charge is 0.508 e. The first-order valence-electron chi connectivity index (χ1n) is 9.44. The number of rotatable bonds is 6. The number of benzene rings is 2. The molecule has 0 unspecified atom stereocenters. The summed E-state index contributed by atoms with van der Waals surface area (Å²) in [5, 5.41) is 14.9. The Kier molecular flexibility index (Phi) is 7.81. The standard InChI is InChI=1S/C23H27N3O3/c1-15-12-19(27)13-16(2)20(15)14-21(24)23(29)26-17(3)22(28)25-11-7-10-18-8-5-4-6-9-18/h4-6,8-9,12-13,17,21,27H,11,14,24H2,1-3H3,(H,25,28)(H,26,29)/t17-,21+/m1/s1. The molecule has 0 radical (unpaired) electrons. The maximum atomic E-state index is 12.4. The molecule has 6 heteroatoms. The quantitative estimate of drug-likeness (QED) is 0.559. The number of phenolic OH excluding ortho intramolecular Hbond substituents is 1. The molecule has 2 rings (SSSR count). The lowest BCUT2D eigenvalue weighted by Gasteiger charge is -2.19. The van der Waals surface area contributed by atoms with Gasteiger partial charge in [-0.3, -0.25) is 9.59 Å². The molecule has 5 N–H and O–H groups in total. The minimum absolute atomic E-state index is 0.183. The lowest BCUT2D eigenvalue weighted by Crippen LogP contribution is -2.51. The van der Waals surface area contributed by atoms with Gasteiger partial charge in [0.25, 0.3) is 0 Å². The van der Waals surface area contributed by atoms with Crippen LogP contribution in [0.2, 0.25) is 0 Å². The van der Waals surface area contributed by atoms with Gasteiger partial charge in [-0.1, -0.05) is 30.0 Å². The molecule has 6 nitrogen and oxygen atoms in total. The van der Waals surface area contributed by atoms with Gasteiger partial charge in [0.2, 0.25) is 11.8 Å². The van der Waals surface area contributed by atoms with Gasteiger partial charge in [0, 0.05) is 5.56 Å². The first-order valence-corrected chi connectivity index (χ1v) is 9.44. The molecule has 0 spiro atoms. The second-order valence-electron chi connectivity index (χ2n) is 6.98. The molecule has 0 aliphatic carbocycles. The Balaban J connectivity index is 1.84. The van der Waals surface area contributed by atoms with Crippen molar-refractivity contribution in [1.29, 1.82) is 0 Å². The first-order chi connectivity index (χ1) is 13.8. The number of carbonyl (C=O) groups is 2. The number of carbonyl (C=O) groups excluding carboxylic acids is 2. The molecule has 2 atom stereocenters. The third-order valence-electron chi connectivity index (χ3n) is 4.55. The average Bonchev–Trinajstić information content (AvgIpc) is 2.68. The number of aryl methyl sites for hydroxylation is 2. The molecule has 2 aromatic carbocycles. The van der Waals surface area contributed by atoms with E-state index in [4.69, 9.17) is 5.73 Å². The summed E-state index contributed by atoms with van der Waals surface area (Å²) in [6, 6.07) is 11.2. The van der Waals surface area contributed by atoms with E-state index in [1.807, 2.05) is 44.2 Å². The lowest BCUT2D eigenvalue weighted by atomic mass is 9.96. The Bertz CT molecular complexity index is 906. The zero-order valence-corrected chi connectivity index (χ0v) is 17.0. The van der Waals surface area contributed by atoms with Gasteiger partial charge in [-0.05, 0) is 68.1 Å². The number of amides is 2. The third kappa shape index (κ3) is 6.66. The number of nitrogens with one attached hydrogen (secondary N) is 2. The van der Waals surface area contributed by atoms with Crippen LogP contribution in [0.4, 0.5) is 0 Å². The summed E-state index contributed by atoms with van der Waals surface area (Å²) in [5.41, 5.74) is 9.55. The highest BCUT2D eigenvalue weighted by Crippen LogP contribution is 2.21. The van der Waals surface area contributed by atoms with Crippen LogP contribution in [0.3, 0.4) is 0 Å². The average molecular weight is 393 g/mol. The van der Waals surface area contributed by atoms with Gasteiger partial charge in [-0.2, -0.15) is 0 Å². The predicted molar refractivity (Wildman–Crippen MR) is 113 cm³/mol. The van der Waals surface area contributed by atoms with E-state index in [0.717, 1.165) is 22.3 Å². The van der Waals surface area contributed by atoms with Crippen molar-refractivity contribution in [2.45, 2.75) is 39.3 Å². The SMILES string of the molecule is Cc1cc(O)cc(C)c1C[C@H](N)C(=O)N[C@H](C)C(=O)NCC#Cc1ccccc1. The molecule has 0 saturated carbocycles. The van der Waals surface area contributed by atoms with E-state index in [2.05, 4.69) is 22.5 Å². The molecule has 2 aromatic rings. The molecule has 0 aliphatic rings. The highest BCUT2D eigenvalue weighted by molar-refractivity contribution is 5.89. The van der Waals surface area contributed by atoms with Crippen LogP contribution in [0.5, 0.6) is 5.75 Å². The molecular weight excluding hydrogens is 366 g/mol. The van der Waals surface area contributed by atoms with Crippen LogP contribution in [-0.4, -0.2) is 35.5 Å². The minimum atomic E-state index is -0.801. The fraction of sp³-hybridized carbons (Fsp3) is 0.304. The normalized spacial score (nSPS) is 12.3. The van der Waals surface area contributed by atoms with Gasteiger partial charge in [0.15, 0.2) is 0 Å². The van der Waals surface area contributed by atoms with Crippen molar-refractivity contribution < 1.29 is 14.7 Å². The van der Waals surface area contributed by atoms with E-state index >= 15 is 0 Å². The second kappa shape index (κ2) is 10.3. The van der Waals surface area contributed by atoms with Crippen molar-refractivity contribution >= 4 is 11.8 Å². The highest BCUT2D eigenvalue weighted by atomic mass is 16.3. The van der Waals surface area contributed by atoms with Crippen molar-refractivity contribution in [3.8, 4) is 17.6 Å². The summed E-state index contributed by atoms with van der Waals surface area (Å²) < 4.78 is 0. The predicted octanol–water partition coefficient (Wildman–Crippen LogP) is 1.55. The molecular formula is C23H27N3O3. The highest BCUT2D eigenvalue weighted by Gasteiger charge is 2.21. The van der Waals surface area contributed by atoms with E-state index in [9.17, 15) is 14.7 Å². The summed E-state index contributed by atoms with van der Waals surface area (Å²) in [6.45, 7) is 5.51. The van der Waals surface area contributed by atoms with Crippen molar-refractivity contribution in [3.05, 3.63) is 64.7 Å². The number of phenols is 1. The molecule has 0 bridgehead atoms. The first kappa shape index (κ1) is 22.0. The van der Waals surface area contributed by atoms with E-state index in [1.54, 1.807) is 19.1 Å². The second-order valence-corrected chi connectivity index (χ2v) is 6.98. The van der Waals surface area contributed by atoms with E-state index in [1.165, 1.54) is 0 Å². The van der Waals surface area contributed by atoms with Crippen LogP contribution >= 0.6 is 0 Å². The third-order valence-corrected chi connectivity index (χ3v) is 4.55. The van der Waals surface area contributed by atoms with Crippen LogP contribution in [0.25, 0.3) is 0 Å². The van der Waals surface area contributed by atoms with Crippen molar-refractivity contribution in [3.63, 3.8) is 0 Å². The van der Waals surface area contributed by atoms with E-state index in [-0.39, 0.29) is 18.2 Å². The Labute approximate surface area is 171 Å². The van der Waals surface area contributed by atoms with Crippen LogP contribution in [0, 0.1) is 25.7 Å². The monoisotopic (exact) mass is 393 g/mol. The maximum Gasteiger partial charge on any atom is 0.243 e. The Morgan fingerprint density at radius 2 is 1.72 bits per heavy atom. The van der Waals surface area contributed by atoms with Gasteiger partial charge in [-0.15, -0.1) is 0 Å². The molecule has 0 aliphatic heterocycles. The summed E-state index contributed by atoms with van der Waals surface area (Å²) in [5.74, 6) is 5.27. The fourth-order valence-corrected chi connectivity index (χ4v) is 2.94. The molecule has 29 heavy (non-hydrogen) atoms. The topological polar surface area (TPSA) is 104 Å². The van der Waals surface area contributed by atoms with Gasteiger partial charge in [0.1, 0.15) is 11.8 Å². The summed E-state index contributed by atoms with van der Waals surface area (Å²) in [7, 11) is 0. The lowest BCUT2D eigenvalue weighted by molar-refractivity contribution is -0.129. The number of aromatic hydroxyl groups is 1. The van der Waals surface area contributed by atoms with Crippen molar-refractivity contribution in [1.82, 2.24) is 10.6 Å². The number of hydrogen-bond acceptors (Lipinski definition) is 4. The van der Waals surface area contributed by atoms with Crippen molar-refractivity contribution in [2.75, 3.05) is 6.54 Å². The van der Waals surface area contributed by atoms with Gasteiger partial charge >= 0.3 is 0 Å². The molecule has 152 valence electrons. The van der Waals surface area contributed by atoms with E-state index < -0.39 is 18.0 Å². The Hall–Kier alpha value is -3.30. The van der Waals surface area contributed by atoms with Gasteiger partial charge in [0.05, 0.1) is 12.6 Å². The molecule has 0 saturated heterocycles. The summed E-state index contributed by atoms with van der Waals surface area (Å²) >= 11 is 0. The van der Waals surface area contributed by atoms with Crippen LogP contribution < -0.4 is 16.4 Å². The van der Waals surface area contributed by atoms with Crippen LogP contribution in [-0.2, 0) is 16.0 Å². The smallest absolute Gasteiger partial charge is 0.243 e. The summed E-state index contributed by atoms with van der Waals surface area (Å²) in [6.07, 6.45) is 0.320. The minimum Gasteiger partial charge on any atom is -0.508 e. The zero-order valence-electron chi connectivity index (χ0n) is 17.0. The van der Waals surface area contributed by atoms with Gasteiger partial charge < -0.3 is 21.5 Å². The zero-order chi connectivity index (χ0) is 21.4. The number of hydrogen-bond donors (Lipinski definition) is 4. The molecule has 2 amide bonds. The number of nitrogens with two attached hydrogens (primary N) is 1. The molecule has 0 fully saturated rings.